The lowest BCUT2D eigenvalue weighted by atomic mass is 10.1. The molecule has 0 atom stereocenters. The molecule has 3 rings (SSSR count). The Morgan fingerprint density at radius 2 is 1.78 bits per heavy atom. The van der Waals surface area contributed by atoms with Gasteiger partial charge in [0, 0.05) is 12.6 Å². The van der Waals surface area contributed by atoms with Crippen LogP contribution in [0.15, 0.2) is 42.5 Å². The van der Waals surface area contributed by atoms with Crippen molar-refractivity contribution >= 4 is 11.6 Å². The lowest BCUT2D eigenvalue weighted by molar-refractivity contribution is 0.102. The van der Waals surface area contributed by atoms with E-state index in [-0.39, 0.29) is 5.69 Å². The summed E-state index contributed by atoms with van der Waals surface area (Å²) in [4.78, 5) is 12.4. The molecule has 0 aliphatic carbocycles. The van der Waals surface area contributed by atoms with E-state index in [1.54, 1.807) is 25.2 Å². The van der Waals surface area contributed by atoms with Crippen LogP contribution in [0.4, 0.5) is 14.5 Å². The number of carbonyl (C=O) groups is 1. The van der Waals surface area contributed by atoms with Gasteiger partial charge in [-0.1, -0.05) is 6.07 Å². The summed E-state index contributed by atoms with van der Waals surface area (Å²) in [5, 5.41) is 6.35. The smallest absolute Gasteiger partial charge is 0.276 e. The molecule has 0 aliphatic rings. The van der Waals surface area contributed by atoms with Crippen LogP contribution in [0.25, 0.3) is 11.3 Å². The van der Waals surface area contributed by atoms with E-state index in [0.717, 1.165) is 12.1 Å². The summed E-state index contributed by atoms with van der Waals surface area (Å²) >= 11 is 0. The second kappa shape index (κ2) is 7.45. The second-order valence-electron chi connectivity index (χ2n) is 5.66. The molecule has 0 fully saturated rings. The lowest BCUT2D eigenvalue weighted by Crippen LogP contribution is -2.15. The van der Waals surface area contributed by atoms with E-state index in [9.17, 15) is 13.6 Å². The first kappa shape index (κ1) is 18.4. The van der Waals surface area contributed by atoms with Crippen LogP contribution in [-0.4, -0.2) is 29.9 Å². The molecule has 1 heterocycles. The molecule has 0 saturated heterocycles. The molecular weight excluding hydrogens is 356 g/mol. The van der Waals surface area contributed by atoms with E-state index in [0.29, 0.717) is 22.8 Å². The Morgan fingerprint density at radius 1 is 1.07 bits per heavy atom. The Balaban J connectivity index is 1.96. The minimum atomic E-state index is -0.867. The molecule has 8 heteroatoms. The van der Waals surface area contributed by atoms with Crippen molar-refractivity contribution in [3.63, 3.8) is 0 Å². The van der Waals surface area contributed by atoms with Crippen LogP contribution >= 0.6 is 0 Å². The topological polar surface area (TPSA) is 65.4 Å². The maximum atomic E-state index is 13.7. The Hall–Kier alpha value is -3.42. The third-order valence-electron chi connectivity index (χ3n) is 4.00. The number of nitrogens with zero attached hydrogens (tertiary/aromatic N) is 2. The number of nitrogens with one attached hydrogen (secondary N) is 1. The van der Waals surface area contributed by atoms with Crippen molar-refractivity contribution in [1.29, 1.82) is 0 Å². The van der Waals surface area contributed by atoms with Gasteiger partial charge in [-0.05, 0) is 36.4 Å². The number of hydrogen-bond acceptors (Lipinski definition) is 4. The minimum Gasteiger partial charge on any atom is -0.497 e. The van der Waals surface area contributed by atoms with E-state index in [1.165, 1.54) is 31.0 Å². The number of aryl methyl sites for hydroxylation is 1. The summed E-state index contributed by atoms with van der Waals surface area (Å²) in [6, 6.07) is 10.1. The Bertz CT molecular complexity index is 982. The van der Waals surface area contributed by atoms with Gasteiger partial charge >= 0.3 is 0 Å². The molecule has 27 heavy (non-hydrogen) atoms. The first-order chi connectivity index (χ1) is 12.9. The third-order valence-corrected chi connectivity index (χ3v) is 4.00. The predicted molar refractivity (Wildman–Crippen MR) is 96.1 cm³/mol. The van der Waals surface area contributed by atoms with Crippen LogP contribution < -0.4 is 14.8 Å². The van der Waals surface area contributed by atoms with Crippen LogP contribution in [-0.2, 0) is 7.05 Å². The summed E-state index contributed by atoms with van der Waals surface area (Å²) in [6.45, 7) is 0. The summed E-state index contributed by atoms with van der Waals surface area (Å²) in [6.07, 6.45) is 0. The highest BCUT2D eigenvalue weighted by Gasteiger charge is 2.19. The van der Waals surface area contributed by atoms with Gasteiger partial charge in [-0.25, -0.2) is 8.78 Å². The van der Waals surface area contributed by atoms with E-state index in [2.05, 4.69) is 10.4 Å². The van der Waals surface area contributed by atoms with Gasteiger partial charge in [0.2, 0.25) is 0 Å². The van der Waals surface area contributed by atoms with Crippen LogP contribution in [0, 0.1) is 11.6 Å². The SMILES string of the molecule is COc1ccc(OC)c(-c2cc(C(=O)Nc3c(F)cccc3F)nn2C)c1. The quantitative estimate of drug-likeness (QED) is 0.742. The van der Waals surface area contributed by atoms with E-state index in [1.807, 2.05) is 0 Å². The largest absolute Gasteiger partial charge is 0.497 e. The Kier molecular flexibility index (Phi) is 5.07. The number of halogens is 2. The van der Waals surface area contributed by atoms with Gasteiger partial charge in [0.05, 0.1) is 19.9 Å². The molecule has 6 nitrogen and oxygen atoms in total. The summed E-state index contributed by atoms with van der Waals surface area (Å²) in [5.74, 6) is -1.30. The van der Waals surface area contributed by atoms with Gasteiger partial charge < -0.3 is 14.8 Å². The number of amides is 1. The van der Waals surface area contributed by atoms with Gasteiger partial charge in [-0.3, -0.25) is 9.48 Å². The summed E-state index contributed by atoms with van der Waals surface area (Å²) in [7, 11) is 4.71. The van der Waals surface area contributed by atoms with Gasteiger partial charge in [0.25, 0.3) is 5.91 Å². The van der Waals surface area contributed by atoms with Crippen LogP contribution in [0.2, 0.25) is 0 Å². The van der Waals surface area contributed by atoms with Crippen molar-refractivity contribution in [2.24, 2.45) is 7.05 Å². The first-order valence-electron chi connectivity index (χ1n) is 7.96. The number of benzene rings is 2. The summed E-state index contributed by atoms with van der Waals surface area (Å²) in [5.41, 5.74) is 0.710. The maximum Gasteiger partial charge on any atom is 0.276 e. The third kappa shape index (κ3) is 3.59. The molecule has 0 aliphatic heterocycles. The van der Waals surface area contributed by atoms with Crippen molar-refractivity contribution in [3.8, 4) is 22.8 Å². The number of rotatable bonds is 5. The molecule has 0 bridgehead atoms. The van der Waals surface area contributed by atoms with Crippen molar-refractivity contribution in [2.75, 3.05) is 19.5 Å². The first-order valence-corrected chi connectivity index (χ1v) is 7.96. The van der Waals surface area contributed by atoms with Crippen molar-refractivity contribution in [3.05, 3.63) is 59.8 Å². The molecule has 0 spiro atoms. The second-order valence-corrected chi connectivity index (χ2v) is 5.66. The van der Waals surface area contributed by atoms with Gasteiger partial charge in [0.15, 0.2) is 5.69 Å². The number of anilines is 1. The Labute approximate surface area is 154 Å². The number of carbonyl (C=O) groups excluding carboxylic acids is 1. The highest BCUT2D eigenvalue weighted by atomic mass is 19.1. The maximum absolute atomic E-state index is 13.7. The number of para-hydroxylation sites is 1. The number of hydrogen-bond donors (Lipinski definition) is 1. The minimum absolute atomic E-state index is 0.0000241. The number of ether oxygens (including phenoxy) is 2. The standard InChI is InChI=1S/C19H17F2N3O3/c1-24-16(12-9-11(26-2)7-8-17(12)27-3)10-15(23-24)19(25)22-18-13(20)5-4-6-14(18)21/h4-10H,1-3H3,(H,22,25). The molecule has 1 amide bonds. The van der Waals surface area contributed by atoms with Crippen LogP contribution in [0.5, 0.6) is 11.5 Å². The lowest BCUT2D eigenvalue weighted by Gasteiger charge is -2.10. The monoisotopic (exact) mass is 373 g/mol. The molecule has 3 aromatic rings. The fourth-order valence-electron chi connectivity index (χ4n) is 2.64. The highest BCUT2D eigenvalue weighted by Crippen LogP contribution is 2.33. The normalized spacial score (nSPS) is 10.6. The zero-order valence-electron chi connectivity index (χ0n) is 14.9. The number of methoxy groups -OCH3 is 2. The fourth-order valence-corrected chi connectivity index (χ4v) is 2.64. The average molecular weight is 373 g/mol. The number of aromatic nitrogens is 2. The predicted octanol–water partition coefficient (Wildman–Crippen LogP) is 3.63. The van der Waals surface area contributed by atoms with E-state index < -0.39 is 23.2 Å². The zero-order valence-corrected chi connectivity index (χ0v) is 14.9. The highest BCUT2D eigenvalue weighted by molar-refractivity contribution is 6.03. The van der Waals surface area contributed by atoms with Crippen molar-refractivity contribution < 1.29 is 23.0 Å². The van der Waals surface area contributed by atoms with E-state index >= 15 is 0 Å². The van der Waals surface area contributed by atoms with Crippen LogP contribution in [0.3, 0.4) is 0 Å². The van der Waals surface area contributed by atoms with Gasteiger partial charge in [-0.2, -0.15) is 5.10 Å². The molecule has 0 saturated carbocycles. The van der Waals surface area contributed by atoms with Gasteiger partial charge in [0.1, 0.15) is 28.8 Å². The molecule has 2 aromatic carbocycles. The van der Waals surface area contributed by atoms with Crippen molar-refractivity contribution in [1.82, 2.24) is 9.78 Å². The molecule has 0 unspecified atom stereocenters. The van der Waals surface area contributed by atoms with Gasteiger partial charge in [-0.15, -0.1) is 0 Å². The zero-order chi connectivity index (χ0) is 19.6. The van der Waals surface area contributed by atoms with Crippen LogP contribution in [0.1, 0.15) is 10.5 Å². The average Bonchev–Trinajstić information content (AvgIpc) is 3.05. The summed E-state index contributed by atoms with van der Waals surface area (Å²) < 4.78 is 39.6. The Morgan fingerprint density at radius 3 is 2.41 bits per heavy atom. The molecule has 1 N–H and O–H groups in total. The van der Waals surface area contributed by atoms with Crippen molar-refractivity contribution in [2.45, 2.75) is 0 Å². The van der Waals surface area contributed by atoms with E-state index in [4.69, 9.17) is 9.47 Å². The molecule has 140 valence electrons. The molecular formula is C19H17F2N3O3. The fraction of sp³-hybridized carbons (Fsp3) is 0.158. The molecule has 0 radical (unpaired) electrons. The molecule has 1 aromatic heterocycles.